The summed E-state index contributed by atoms with van der Waals surface area (Å²) in [5.74, 6) is 0.318. The Morgan fingerprint density at radius 1 is 1.21 bits per heavy atom. The van der Waals surface area contributed by atoms with Crippen molar-refractivity contribution in [1.82, 2.24) is 5.32 Å². The van der Waals surface area contributed by atoms with Crippen molar-refractivity contribution in [3.63, 3.8) is 0 Å². The number of amides is 1. The van der Waals surface area contributed by atoms with Crippen molar-refractivity contribution >= 4 is 34.6 Å². The van der Waals surface area contributed by atoms with Gasteiger partial charge in [0.1, 0.15) is 5.75 Å². The van der Waals surface area contributed by atoms with Crippen LogP contribution in [-0.4, -0.2) is 63.9 Å². The number of ether oxygens (including phenoxy) is 2. The molecule has 1 saturated heterocycles. The number of halogens is 1. The third-order valence-electron chi connectivity index (χ3n) is 6.55. The summed E-state index contributed by atoms with van der Waals surface area (Å²) in [7, 11) is 3.26. The van der Waals surface area contributed by atoms with Crippen molar-refractivity contribution in [3.05, 3.63) is 57.1 Å². The first-order chi connectivity index (χ1) is 16.4. The number of non-ortho nitro benzene ring substituents is 1. The van der Waals surface area contributed by atoms with E-state index in [1.807, 2.05) is 18.2 Å². The zero-order valence-corrected chi connectivity index (χ0v) is 20.1. The van der Waals surface area contributed by atoms with E-state index in [1.165, 1.54) is 6.07 Å². The number of nitro benzene ring substituents is 1. The fourth-order valence-electron chi connectivity index (χ4n) is 4.91. The predicted octanol–water partition coefficient (Wildman–Crippen LogP) is 3.28. The van der Waals surface area contributed by atoms with Crippen LogP contribution in [0.1, 0.15) is 12.0 Å². The van der Waals surface area contributed by atoms with Gasteiger partial charge in [0.05, 0.1) is 29.7 Å². The Hall–Kier alpha value is -3.04. The molecule has 0 saturated carbocycles. The van der Waals surface area contributed by atoms with Crippen molar-refractivity contribution < 1.29 is 19.2 Å². The van der Waals surface area contributed by atoms with Crippen LogP contribution in [0.3, 0.4) is 0 Å². The summed E-state index contributed by atoms with van der Waals surface area (Å²) in [4.78, 5) is 28.7. The van der Waals surface area contributed by atoms with Crippen LogP contribution in [0.4, 0.5) is 17.1 Å². The number of rotatable bonds is 8. The van der Waals surface area contributed by atoms with Gasteiger partial charge in [0.2, 0.25) is 5.91 Å². The van der Waals surface area contributed by atoms with Crippen LogP contribution in [0.15, 0.2) is 36.4 Å². The van der Waals surface area contributed by atoms with E-state index in [4.69, 9.17) is 21.1 Å². The third kappa shape index (κ3) is 4.90. The maximum atomic E-state index is 13.3. The average Bonchev–Trinajstić information content (AvgIpc) is 2.85. The third-order valence-corrected chi connectivity index (χ3v) is 6.78. The molecule has 1 amide bonds. The SMILES string of the molecule is COCCCNC(=O)C1Cc2cc([N+](=O)[O-])ccc2N2CCN(c3cc(Cl)ccc3OC)CC12. The molecule has 0 aromatic heterocycles. The van der Waals surface area contributed by atoms with Gasteiger partial charge in [-0.25, -0.2) is 0 Å². The summed E-state index contributed by atoms with van der Waals surface area (Å²) < 4.78 is 10.6. The molecule has 4 rings (SSSR count). The number of nitrogens with zero attached hydrogens (tertiary/aromatic N) is 3. The zero-order valence-electron chi connectivity index (χ0n) is 19.3. The van der Waals surface area contributed by atoms with Gasteiger partial charge >= 0.3 is 0 Å². The first-order valence-corrected chi connectivity index (χ1v) is 11.7. The largest absolute Gasteiger partial charge is 0.495 e. The smallest absolute Gasteiger partial charge is 0.269 e. The second-order valence-corrected chi connectivity index (χ2v) is 8.98. The van der Waals surface area contributed by atoms with Gasteiger partial charge < -0.3 is 24.6 Å². The number of nitrogens with one attached hydrogen (secondary N) is 1. The minimum absolute atomic E-state index is 0.0405. The summed E-state index contributed by atoms with van der Waals surface area (Å²) in [6, 6.07) is 10.4. The summed E-state index contributed by atoms with van der Waals surface area (Å²) in [6.45, 7) is 3.05. The second kappa shape index (κ2) is 10.5. The lowest BCUT2D eigenvalue weighted by Gasteiger charge is -2.49. The van der Waals surface area contributed by atoms with E-state index in [-0.39, 0.29) is 23.6 Å². The molecule has 0 spiro atoms. The first-order valence-electron chi connectivity index (χ1n) is 11.3. The minimum Gasteiger partial charge on any atom is -0.495 e. The van der Waals surface area contributed by atoms with Gasteiger partial charge in [0.25, 0.3) is 5.69 Å². The molecular formula is C24H29ClN4O5. The van der Waals surface area contributed by atoms with Crippen molar-refractivity contribution in [2.45, 2.75) is 18.9 Å². The maximum absolute atomic E-state index is 13.3. The molecule has 1 N–H and O–H groups in total. The molecular weight excluding hydrogens is 460 g/mol. The summed E-state index contributed by atoms with van der Waals surface area (Å²) >= 11 is 6.28. The van der Waals surface area contributed by atoms with Gasteiger partial charge in [-0.05, 0) is 42.7 Å². The highest BCUT2D eigenvalue weighted by Gasteiger charge is 2.42. The molecule has 2 atom stereocenters. The molecule has 2 aromatic rings. The molecule has 34 heavy (non-hydrogen) atoms. The van der Waals surface area contributed by atoms with Crippen LogP contribution in [0, 0.1) is 16.0 Å². The van der Waals surface area contributed by atoms with Crippen LogP contribution in [0.25, 0.3) is 0 Å². The molecule has 0 radical (unpaired) electrons. The van der Waals surface area contributed by atoms with Crippen LogP contribution in [0.5, 0.6) is 5.75 Å². The predicted molar refractivity (Wildman–Crippen MR) is 131 cm³/mol. The molecule has 182 valence electrons. The fraction of sp³-hybridized carbons (Fsp3) is 0.458. The van der Waals surface area contributed by atoms with Crippen molar-refractivity contribution in [3.8, 4) is 5.75 Å². The van der Waals surface area contributed by atoms with Crippen molar-refractivity contribution in [2.75, 3.05) is 56.8 Å². The lowest BCUT2D eigenvalue weighted by Crippen LogP contribution is -2.61. The van der Waals surface area contributed by atoms with Gasteiger partial charge in [-0.2, -0.15) is 0 Å². The van der Waals surface area contributed by atoms with E-state index in [0.717, 1.165) is 29.1 Å². The molecule has 2 aromatic carbocycles. The topological polar surface area (TPSA) is 97.2 Å². The number of hydrogen-bond acceptors (Lipinski definition) is 7. The lowest BCUT2D eigenvalue weighted by molar-refractivity contribution is -0.384. The number of carbonyl (C=O) groups is 1. The van der Waals surface area contributed by atoms with Crippen molar-refractivity contribution in [2.24, 2.45) is 5.92 Å². The Kier molecular flexibility index (Phi) is 7.43. The molecule has 0 aliphatic carbocycles. The average molecular weight is 489 g/mol. The molecule has 9 nitrogen and oxygen atoms in total. The number of fused-ring (bicyclic) bond motifs is 3. The van der Waals surface area contributed by atoms with Gasteiger partial charge in [0.15, 0.2) is 0 Å². The number of piperazine rings is 1. The van der Waals surface area contributed by atoms with Crippen LogP contribution >= 0.6 is 11.6 Å². The Morgan fingerprint density at radius 2 is 2.03 bits per heavy atom. The van der Waals surface area contributed by atoms with Crippen LogP contribution in [-0.2, 0) is 16.0 Å². The van der Waals surface area contributed by atoms with E-state index in [2.05, 4.69) is 15.1 Å². The van der Waals surface area contributed by atoms with E-state index >= 15 is 0 Å². The zero-order chi connectivity index (χ0) is 24.2. The van der Waals surface area contributed by atoms with Gasteiger partial charge in [-0.15, -0.1) is 0 Å². The number of anilines is 2. The Labute approximate surface area is 203 Å². The van der Waals surface area contributed by atoms with Gasteiger partial charge in [0, 0.05) is 62.7 Å². The monoisotopic (exact) mass is 488 g/mol. The number of carbonyl (C=O) groups excluding carboxylic acids is 1. The Bertz CT molecular complexity index is 1070. The lowest BCUT2D eigenvalue weighted by atomic mass is 9.83. The number of nitro groups is 1. The molecule has 2 aliphatic heterocycles. The molecule has 10 heteroatoms. The van der Waals surface area contributed by atoms with Gasteiger partial charge in [-0.1, -0.05) is 11.6 Å². The minimum atomic E-state index is -0.393. The van der Waals surface area contributed by atoms with Crippen molar-refractivity contribution in [1.29, 1.82) is 0 Å². The molecule has 0 bridgehead atoms. The highest BCUT2D eigenvalue weighted by atomic mass is 35.5. The summed E-state index contributed by atoms with van der Waals surface area (Å²) in [5, 5.41) is 15.0. The molecule has 2 aliphatic rings. The standard InChI is InChI=1S/C24H29ClN4O5/c1-33-11-3-8-26-24(30)19-13-16-12-18(29(31)32)5-6-20(16)28-10-9-27(15-22(19)28)21-14-17(25)4-7-23(21)34-2/h4-7,12,14,19,22H,3,8-11,13,15H2,1-2H3,(H,26,30). The maximum Gasteiger partial charge on any atom is 0.269 e. The quantitative estimate of drug-likeness (QED) is 0.346. The second-order valence-electron chi connectivity index (χ2n) is 8.54. The molecule has 2 unspecified atom stereocenters. The fourth-order valence-corrected chi connectivity index (χ4v) is 5.08. The number of benzene rings is 2. The molecule has 2 heterocycles. The van der Waals surface area contributed by atoms with E-state index in [9.17, 15) is 14.9 Å². The highest BCUT2D eigenvalue weighted by molar-refractivity contribution is 6.31. The number of methoxy groups -OCH3 is 2. The van der Waals surface area contributed by atoms with Crippen LogP contribution in [0.2, 0.25) is 5.02 Å². The Balaban J connectivity index is 1.64. The van der Waals surface area contributed by atoms with E-state index in [1.54, 1.807) is 26.4 Å². The first kappa shape index (κ1) is 24.1. The highest BCUT2D eigenvalue weighted by Crippen LogP contribution is 2.40. The van der Waals surface area contributed by atoms with E-state index < -0.39 is 4.92 Å². The normalized spacial score (nSPS) is 19.3. The summed E-state index contributed by atoms with van der Waals surface area (Å²) in [5.41, 5.74) is 2.72. The van der Waals surface area contributed by atoms with E-state index in [0.29, 0.717) is 44.2 Å². The van der Waals surface area contributed by atoms with Gasteiger partial charge in [-0.3, -0.25) is 14.9 Å². The van der Waals surface area contributed by atoms with Crippen LogP contribution < -0.4 is 19.9 Å². The molecule has 1 fully saturated rings. The Morgan fingerprint density at radius 3 is 2.76 bits per heavy atom. The number of hydrogen-bond donors (Lipinski definition) is 1. The summed E-state index contributed by atoms with van der Waals surface area (Å²) in [6.07, 6.45) is 1.16.